The number of ether oxygens (including phenoxy) is 1. The Balaban J connectivity index is 2.00. The molecule has 0 saturated heterocycles. The molecule has 0 radical (unpaired) electrons. The summed E-state index contributed by atoms with van der Waals surface area (Å²) in [4.78, 5) is 16.4. The minimum atomic E-state index is -0.524. The van der Waals surface area contributed by atoms with Crippen LogP contribution in [0.25, 0.3) is 0 Å². The Hall–Kier alpha value is -1.08. The Morgan fingerprint density at radius 2 is 2.50 bits per heavy atom. The molecule has 0 amide bonds. The summed E-state index contributed by atoms with van der Waals surface area (Å²) in [5.74, 6) is -0.117. The normalized spacial score (nSPS) is 25.8. The van der Waals surface area contributed by atoms with Crippen LogP contribution in [0.4, 0.5) is 0 Å². The average Bonchev–Trinajstić information content (AvgIpc) is 3.08. The van der Waals surface area contributed by atoms with Crippen molar-refractivity contribution in [1.29, 1.82) is 0 Å². The Bertz CT molecular complexity index is 426. The fraction of sp³-hybridized carbons (Fsp3) is 0.769. The highest BCUT2D eigenvalue weighted by molar-refractivity contribution is 7.99. The van der Waals surface area contributed by atoms with Crippen LogP contribution in [-0.2, 0) is 9.53 Å². The van der Waals surface area contributed by atoms with Crippen LogP contribution in [0, 0.1) is 0 Å². The molecule has 1 saturated carbocycles. The van der Waals surface area contributed by atoms with Crippen LogP contribution in [0.1, 0.15) is 39.5 Å². The summed E-state index contributed by atoms with van der Waals surface area (Å²) < 4.78 is 5.26. The van der Waals surface area contributed by atoms with Crippen LogP contribution in [0.2, 0.25) is 0 Å². The van der Waals surface area contributed by atoms with Crippen molar-refractivity contribution in [2.45, 2.75) is 55.5 Å². The van der Waals surface area contributed by atoms with Gasteiger partial charge in [0, 0.05) is 5.25 Å². The molecular formula is C13H22N4O2S. The lowest BCUT2D eigenvalue weighted by atomic mass is 9.97. The van der Waals surface area contributed by atoms with Gasteiger partial charge >= 0.3 is 5.97 Å². The number of esters is 1. The van der Waals surface area contributed by atoms with Crippen LogP contribution in [0.5, 0.6) is 0 Å². The predicted molar refractivity (Wildman–Crippen MR) is 77.5 cm³/mol. The zero-order valence-electron chi connectivity index (χ0n) is 12.0. The SMILES string of the molecule is CCCNC1(C(=O)OCC)CCC(Sc2ncn[nH]2)C1. The van der Waals surface area contributed by atoms with Gasteiger partial charge in [-0.05, 0) is 39.2 Å². The first-order valence-corrected chi connectivity index (χ1v) is 8.02. The molecule has 112 valence electrons. The molecule has 6 nitrogen and oxygen atoms in total. The molecule has 1 aliphatic carbocycles. The number of nitrogens with zero attached hydrogens (tertiary/aromatic N) is 2. The molecule has 2 unspecified atom stereocenters. The molecule has 2 atom stereocenters. The average molecular weight is 298 g/mol. The quantitative estimate of drug-likeness (QED) is 0.747. The van der Waals surface area contributed by atoms with Crippen LogP contribution in [0.3, 0.4) is 0 Å². The number of H-pyrrole nitrogens is 1. The number of rotatable bonds is 7. The van der Waals surface area contributed by atoms with Gasteiger partial charge in [0.05, 0.1) is 6.61 Å². The maximum atomic E-state index is 12.3. The number of aromatic nitrogens is 3. The summed E-state index contributed by atoms with van der Waals surface area (Å²) in [7, 11) is 0. The highest BCUT2D eigenvalue weighted by Crippen LogP contribution is 2.39. The molecule has 1 aliphatic rings. The second-order valence-electron chi connectivity index (χ2n) is 5.00. The third-order valence-corrected chi connectivity index (χ3v) is 4.68. The van der Waals surface area contributed by atoms with Crippen molar-refractivity contribution in [1.82, 2.24) is 20.5 Å². The molecular weight excluding hydrogens is 276 g/mol. The summed E-state index contributed by atoms with van der Waals surface area (Å²) in [6, 6.07) is 0. The second-order valence-corrected chi connectivity index (χ2v) is 6.29. The van der Waals surface area contributed by atoms with Gasteiger partial charge in [0.1, 0.15) is 11.9 Å². The van der Waals surface area contributed by atoms with Crippen molar-refractivity contribution < 1.29 is 9.53 Å². The molecule has 0 spiro atoms. The van der Waals surface area contributed by atoms with E-state index in [1.54, 1.807) is 11.8 Å². The number of carbonyl (C=O) groups excluding carboxylic acids is 1. The van der Waals surface area contributed by atoms with Crippen LogP contribution in [-0.4, -0.2) is 45.1 Å². The van der Waals surface area contributed by atoms with E-state index in [9.17, 15) is 4.79 Å². The number of hydrogen-bond acceptors (Lipinski definition) is 6. The van der Waals surface area contributed by atoms with E-state index in [0.29, 0.717) is 11.9 Å². The van der Waals surface area contributed by atoms with Gasteiger partial charge in [-0.1, -0.05) is 18.7 Å². The van der Waals surface area contributed by atoms with Gasteiger partial charge in [-0.3, -0.25) is 9.89 Å². The third kappa shape index (κ3) is 3.52. The van der Waals surface area contributed by atoms with Crippen LogP contribution >= 0.6 is 11.8 Å². The number of thioether (sulfide) groups is 1. The van der Waals surface area contributed by atoms with E-state index in [1.807, 2.05) is 6.92 Å². The molecule has 0 aliphatic heterocycles. The van der Waals surface area contributed by atoms with Crippen LogP contribution < -0.4 is 5.32 Å². The van der Waals surface area contributed by atoms with Crippen molar-refractivity contribution in [3.63, 3.8) is 0 Å². The summed E-state index contributed by atoms with van der Waals surface area (Å²) >= 11 is 1.65. The smallest absolute Gasteiger partial charge is 0.326 e. The topological polar surface area (TPSA) is 79.9 Å². The monoisotopic (exact) mass is 298 g/mol. The number of hydrogen-bond donors (Lipinski definition) is 2. The Labute approximate surface area is 123 Å². The minimum Gasteiger partial charge on any atom is -0.465 e. The third-order valence-electron chi connectivity index (χ3n) is 3.52. The maximum absolute atomic E-state index is 12.3. The van der Waals surface area contributed by atoms with Gasteiger partial charge in [-0.2, -0.15) is 5.10 Å². The zero-order chi connectivity index (χ0) is 14.4. The van der Waals surface area contributed by atoms with Crippen molar-refractivity contribution in [2.24, 2.45) is 0 Å². The van der Waals surface area contributed by atoms with Gasteiger partial charge in [0.2, 0.25) is 0 Å². The molecule has 1 aromatic heterocycles. The maximum Gasteiger partial charge on any atom is 0.326 e. The van der Waals surface area contributed by atoms with Crippen molar-refractivity contribution >= 4 is 17.7 Å². The lowest BCUT2D eigenvalue weighted by Crippen LogP contribution is -2.51. The zero-order valence-corrected chi connectivity index (χ0v) is 12.8. The van der Waals surface area contributed by atoms with Crippen molar-refractivity contribution in [3.05, 3.63) is 6.33 Å². The molecule has 1 aromatic rings. The Morgan fingerprint density at radius 1 is 1.65 bits per heavy atom. The lowest BCUT2D eigenvalue weighted by molar-refractivity contribution is -0.151. The number of aromatic amines is 1. The Morgan fingerprint density at radius 3 is 3.15 bits per heavy atom. The minimum absolute atomic E-state index is 0.117. The van der Waals surface area contributed by atoms with Gasteiger partial charge in [-0.25, -0.2) is 4.98 Å². The van der Waals surface area contributed by atoms with Crippen LogP contribution in [0.15, 0.2) is 11.5 Å². The largest absolute Gasteiger partial charge is 0.465 e. The van der Waals surface area contributed by atoms with E-state index in [-0.39, 0.29) is 5.97 Å². The highest BCUT2D eigenvalue weighted by Gasteiger charge is 2.46. The summed E-state index contributed by atoms with van der Waals surface area (Å²) in [6.07, 6.45) is 5.07. The molecule has 1 heterocycles. The number of carbonyl (C=O) groups is 1. The summed E-state index contributed by atoms with van der Waals surface area (Å²) in [5, 5.41) is 11.3. The summed E-state index contributed by atoms with van der Waals surface area (Å²) in [6.45, 7) is 5.20. The molecule has 1 fully saturated rings. The predicted octanol–water partition coefficient (Wildman–Crippen LogP) is 1.75. The molecule has 20 heavy (non-hydrogen) atoms. The van der Waals surface area contributed by atoms with E-state index in [0.717, 1.165) is 37.4 Å². The first kappa shape index (κ1) is 15.3. The van der Waals surface area contributed by atoms with Crippen molar-refractivity contribution in [2.75, 3.05) is 13.2 Å². The van der Waals surface area contributed by atoms with Gasteiger partial charge in [-0.15, -0.1) is 0 Å². The number of nitrogens with one attached hydrogen (secondary N) is 2. The fourth-order valence-corrected chi connectivity index (χ4v) is 3.69. The van der Waals surface area contributed by atoms with E-state index < -0.39 is 5.54 Å². The highest BCUT2D eigenvalue weighted by atomic mass is 32.2. The Kier molecular flexibility index (Phi) is 5.42. The molecule has 2 rings (SSSR count). The second kappa shape index (κ2) is 7.08. The summed E-state index contributed by atoms with van der Waals surface area (Å²) in [5.41, 5.74) is -0.524. The van der Waals surface area contributed by atoms with E-state index >= 15 is 0 Å². The lowest BCUT2D eigenvalue weighted by Gasteiger charge is -2.28. The first-order chi connectivity index (χ1) is 9.70. The van der Waals surface area contributed by atoms with Gasteiger partial charge < -0.3 is 10.1 Å². The molecule has 0 bridgehead atoms. The molecule has 7 heteroatoms. The fourth-order valence-electron chi connectivity index (χ4n) is 2.56. The van der Waals surface area contributed by atoms with E-state index in [2.05, 4.69) is 27.4 Å². The van der Waals surface area contributed by atoms with Crippen molar-refractivity contribution in [3.8, 4) is 0 Å². The first-order valence-electron chi connectivity index (χ1n) is 7.14. The van der Waals surface area contributed by atoms with Gasteiger partial charge in [0.15, 0.2) is 5.16 Å². The van der Waals surface area contributed by atoms with E-state index in [1.165, 1.54) is 6.33 Å². The standard InChI is InChI=1S/C13H22N4O2S/c1-3-7-15-13(11(18)19-4-2)6-5-10(8-13)20-12-14-9-16-17-12/h9-10,15H,3-8H2,1-2H3,(H,14,16,17). The molecule has 0 aromatic carbocycles. The van der Waals surface area contributed by atoms with Gasteiger partial charge in [0.25, 0.3) is 0 Å². The molecule has 2 N–H and O–H groups in total. The van der Waals surface area contributed by atoms with E-state index in [4.69, 9.17) is 4.74 Å².